The summed E-state index contributed by atoms with van der Waals surface area (Å²) in [5.41, 5.74) is -0.390. The molecule has 1 rings (SSSR count). The largest absolute Gasteiger partial charge is 0.392 e. The Morgan fingerprint density at radius 1 is 1.46 bits per heavy atom. The van der Waals surface area contributed by atoms with E-state index in [9.17, 15) is 10.2 Å². The minimum atomic E-state index is -0.460. The summed E-state index contributed by atoms with van der Waals surface area (Å²) in [7, 11) is 0. The van der Waals surface area contributed by atoms with Crippen LogP contribution in [0.15, 0.2) is 0 Å². The molecule has 4 heteroatoms. The lowest BCUT2D eigenvalue weighted by Crippen LogP contribution is -2.56. The highest BCUT2D eigenvalue weighted by atomic mass is 16.5. The van der Waals surface area contributed by atoms with Crippen molar-refractivity contribution < 1.29 is 14.9 Å². The highest BCUT2D eigenvalue weighted by molar-refractivity contribution is 4.91. The Morgan fingerprint density at radius 3 is 2.46 bits per heavy atom. The average molecular weight is 189 g/mol. The lowest BCUT2D eigenvalue weighted by molar-refractivity contribution is 0.0692. The highest BCUT2D eigenvalue weighted by Gasteiger charge is 2.33. The molecule has 1 heterocycles. The zero-order valence-corrected chi connectivity index (χ0v) is 8.45. The first kappa shape index (κ1) is 10.9. The maximum atomic E-state index is 9.46. The first-order valence-corrected chi connectivity index (χ1v) is 4.65. The van der Waals surface area contributed by atoms with Gasteiger partial charge in [-0.25, -0.2) is 0 Å². The second-order valence-electron chi connectivity index (χ2n) is 4.25. The van der Waals surface area contributed by atoms with E-state index in [1.54, 1.807) is 6.92 Å². The van der Waals surface area contributed by atoms with Gasteiger partial charge >= 0.3 is 0 Å². The molecule has 3 unspecified atom stereocenters. The zero-order chi connectivity index (χ0) is 10.1. The lowest BCUT2D eigenvalue weighted by atomic mass is 9.97. The molecular formula is C9H19NO3. The van der Waals surface area contributed by atoms with Gasteiger partial charge in [-0.2, -0.15) is 0 Å². The molecular weight excluding hydrogens is 170 g/mol. The van der Waals surface area contributed by atoms with Crippen molar-refractivity contribution in [3.63, 3.8) is 0 Å². The quantitative estimate of drug-likeness (QED) is 0.560. The summed E-state index contributed by atoms with van der Waals surface area (Å²) in [5.74, 6) is 0. The predicted octanol–water partition coefficient (Wildman–Crippen LogP) is -0.505. The Kier molecular flexibility index (Phi) is 3.29. The number of aliphatic hydroxyl groups excluding tert-OH is 2. The molecule has 0 bridgehead atoms. The van der Waals surface area contributed by atoms with Crippen LogP contribution in [0.1, 0.15) is 20.8 Å². The third-order valence-corrected chi connectivity index (χ3v) is 2.65. The van der Waals surface area contributed by atoms with E-state index in [2.05, 4.69) is 5.32 Å². The molecule has 0 radical (unpaired) electrons. The number of nitrogens with one attached hydrogen (secondary N) is 1. The van der Waals surface area contributed by atoms with Gasteiger partial charge in [0, 0.05) is 5.54 Å². The molecule has 0 aliphatic carbocycles. The van der Waals surface area contributed by atoms with E-state index < -0.39 is 12.2 Å². The average Bonchev–Trinajstić information content (AvgIpc) is 2.35. The van der Waals surface area contributed by atoms with Crippen molar-refractivity contribution in [2.75, 3.05) is 13.2 Å². The predicted molar refractivity (Wildman–Crippen MR) is 49.5 cm³/mol. The SMILES string of the molecule is CC(O)C(C)(C)NC1COCC1O. The first-order chi connectivity index (χ1) is 5.93. The Bertz CT molecular complexity index is 170. The Labute approximate surface area is 78.9 Å². The van der Waals surface area contributed by atoms with Crippen molar-refractivity contribution in [3.8, 4) is 0 Å². The van der Waals surface area contributed by atoms with Gasteiger partial charge < -0.3 is 20.3 Å². The van der Waals surface area contributed by atoms with Crippen LogP contribution in [0.4, 0.5) is 0 Å². The van der Waals surface area contributed by atoms with Gasteiger partial charge in [0.25, 0.3) is 0 Å². The fourth-order valence-electron chi connectivity index (χ4n) is 1.28. The number of ether oxygens (including phenoxy) is 1. The van der Waals surface area contributed by atoms with E-state index >= 15 is 0 Å². The topological polar surface area (TPSA) is 61.7 Å². The van der Waals surface area contributed by atoms with Crippen LogP contribution in [-0.2, 0) is 4.74 Å². The zero-order valence-electron chi connectivity index (χ0n) is 8.45. The normalized spacial score (nSPS) is 32.1. The molecule has 1 saturated heterocycles. The minimum absolute atomic E-state index is 0.0652. The number of rotatable bonds is 3. The summed E-state index contributed by atoms with van der Waals surface area (Å²) in [6.07, 6.45) is -0.918. The van der Waals surface area contributed by atoms with E-state index in [-0.39, 0.29) is 11.6 Å². The third-order valence-electron chi connectivity index (χ3n) is 2.65. The molecule has 0 aromatic heterocycles. The van der Waals surface area contributed by atoms with Gasteiger partial charge in [-0.3, -0.25) is 0 Å². The summed E-state index contributed by atoms with van der Waals surface area (Å²) in [5, 5.41) is 22.1. The fraction of sp³-hybridized carbons (Fsp3) is 1.00. The number of hydrogen-bond acceptors (Lipinski definition) is 4. The van der Waals surface area contributed by atoms with Crippen molar-refractivity contribution in [2.45, 2.75) is 44.6 Å². The first-order valence-electron chi connectivity index (χ1n) is 4.65. The maximum Gasteiger partial charge on any atom is 0.0948 e. The van der Waals surface area contributed by atoms with Crippen LogP contribution < -0.4 is 5.32 Å². The van der Waals surface area contributed by atoms with Gasteiger partial charge in [-0.05, 0) is 20.8 Å². The van der Waals surface area contributed by atoms with Crippen molar-refractivity contribution >= 4 is 0 Å². The molecule has 1 aliphatic heterocycles. The minimum Gasteiger partial charge on any atom is -0.392 e. The van der Waals surface area contributed by atoms with Crippen molar-refractivity contribution in [1.29, 1.82) is 0 Å². The Morgan fingerprint density at radius 2 is 2.08 bits per heavy atom. The van der Waals surface area contributed by atoms with Crippen LogP contribution in [0.3, 0.4) is 0 Å². The molecule has 1 aliphatic rings. The van der Waals surface area contributed by atoms with Crippen molar-refractivity contribution in [1.82, 2.24) is 5.32 Å². The van der Waals surface area contributed by atoms with Gasteiger partial charge in [-0.1, -0.05) is 0 Å². The number of aliphatic hydroxyl groups is 2. The molecule has 1 fully saturated rings. The summed E-state index contributed by atoms with van der Waals surface area (Å²) in [6, 6.07) is -0.0652. The van der Waals surface area contributed by atoms with Gasteiger partial charge in [0.1, 0.15) is 0 Å². The van der Waals surface area contributed by atoms with Crippen LogP contribution in [0.2, 0.25) is 0 Å². The fourth-order valence-corrected chi connectivity index (χ4v) is 1.28. The van der Waals surface area contributed by atoms with Crippen LogP contribution in [0, 0.1) is 0 Å². The van der Waals surface area contributed by atoms with Gasteiger partial charge in [-0.15, -0.1) is 0 Å². The smallest absolute Gasteiger partial charge is 0.0948 e. The van der Waals surface area contributed by atoms with E-state index in [1.807, 2.05) is 13.8 Å². The van der Waals surface area contributed by atoms with Gasteiger partial charge in [0.15, 0.2) is 0 Å². The van der Waals surface area contributed by atoms with Crippen LogP contribution in [-0.4, -0.2) is 47.2 Å². The standard InChI is InChI=1S/C9H19NO3/c1-6(11)9(2,3)10-7-4-13-5-8(7)12/h6-8,10-12H,4-5H2,1-3H3. The van der Waals surface area contributed by atoms with Crippen LogP contribution in [0.5, 0.6) is 0 Å². The molecule has 13 heavy (non-hydrogen) atoms. The van der Waals surface area contributed by atoms with Gasteiger partial charge in [0.2, 0.25) is 0 Å². The van der Waals surface area contributed by atoms with Crippen LogP contribution >= 0.6 is 0 Å². The molecule has 0 amide bonds. The van der Waals surface area contributed by atoms with Crippen molar-refractivity contribution in [2.24, 2.45) is 0 Å². The lowest BCUT2D eigenvalue weighted by Gasteiger charge is -2.33. The summed E-state index contributed by atoms with van der Waals surface area (Å²) in [6.45, 7) is 6.44. The second-order valence-corrected chi connectivity index (χ2v) is 4.25. The molecule has 4 nitrogen and oxygen atoms in total. The Balaban J connectivity index is 2.47. The molecule has 0 aromatic carbocycles. The third kappa shape index (κ3) is 2.64. The van der Waals surface area contributed by atoms with E-state index in [4.69, 9.17) is 4.74 Å². The highest BCUT2D eigenvalue weighted by Crippen LogP contribution is 2.14. The van der Waals surface area contributed by atoms with E-state index in [0.29, 0.717) is 13.2 Å². The van der Waals surface area contributed by atoms with Gasteiger partial charge in [0.05, 0.1) is 31.5 Å². The summed E-state index contributed by atoms with van der Waals surface area (Å²) < 4.78 is 5.10. The van der Waals surface area contributed by atoms with Crippen LogP contribution in [0.25, 0.3) is 0 Å². The molecule has 78 valence electrons. The maximum absolute atomic E-state index is 9.46. The summed E-state index contributed by atoms with van der Waals surface area (Å²) >= 11 is 0. The molecule has 0 saturated carbocycles. The van der Waals surface area contributed by atoms with E-state index in [0.717, 1.165) is 0 Å². The second kappa shape index (κ2) is 3.92. The number of hydrogen-bond donors (Lipinski definition) is 3. The van der Waals surface area contributed by atoms with E-state index in [1.165, 1.54) is 0 Å². The monoisotopic (exact) mass is 189 g/mol. The molecule has 3 N–H and O–H groups in total. The molecule has 0 aromatic rings. The molecule has 3 atom stereocenters. The Hall–Kier alpha value is -0.160. The van der Waals surface area contributed by atoms with Crippen molar-refractivity contribution in [3.05, 3.63) is 0 Å². The summed E-state index contributed by atoms with van der Waals surface area (Å²) in [4.78, 5) is 0. The molecule has 0 spiro atoms.